The molecule has 1 atom stereocenters. The molecule has 0 saturated carbocycles. The van der Waals surface area contributed by atoms with Crippen molar-refractivity contribution in [1.29, 1.82) is 0 Å². The van der Waals surface area contributed by atoms with Gasteiger partial charge in [0, 0.05) is 30.5 Å². The second kappa shape index (κ2) is 6.83. The lowest BCUT2D eigenvalue weighted by molar-refractivity contribution is 0.265. The van der Waals surface area contributed by atoms with Crippen LogP contribution in [0, 0.1) is 5.92 Å². The van der Waals surface area contributed by atoms with E-state index in [9.17, 15) is 0 Å². The van der Waals surface area contributed by atoms with E-state index in [2.05, 4.69) is 62.0 Å². The van der Waals surface area contributed by atoms with Gasteiger partial charge in [0.05, 0.1) is 11.4 Å². The first-order valence-corrected chi connectivity index (χ1v) is 8.78. The van der Waals surface area contributed by atoms with E-state index in [-0.39, 0.29) is 0 Å². The predicted molar refractivity (Wildman–Crippen MR) is 94.4 cm³/mol. The van der Waals surface area contributed by atoms with Gasteiger partial charge < -0.3 is 4.90 Å². The number of pyridine rings is 1. The Morgan fingerprint density at radius 3 is 2.65 bits per heavy atom. The molecule has 3 heterocycles. The molecule has 0 aliphatic carbocycles. The maximum absolute atomic E-state index is 4.91. The van der Waals surface area contributed by atoms with Crippen molar-refractivity contribution < 1.29 is 0 Å². The summed E-state index contributed by atoms with van der Waals surface area (Å²) in [6.07, 6.45) is 4.22. The Balaban J connectivity index is 1.74. The van der Waals surface area contributed by atoms with E-state index < -0.39 is 0 Å². The van der Waals surface area contributed by atoms with E-state index in [1.54, 1.807) is 0 Å². The molecule has 124 valence electrons. The minimum atomic E-state index is 0.347. The van der Waals surface area contributed by atoms with Crippen LogP contribution in [0.25, 0.3) is 11.4 Å². The average Bonchev–Trinajstić information content (AvgIpc) is 3.16. The van der Waals surface area contributed by atoms with Crippen LogP contribution in [0.1, 0.15) is 45.9 Å². The van der Waals surface area contributed by atoms with Crippen molar-refractivity contribution in [3.8, 4) is 11.4 Å². The maximum atomic E-state index is 4.91. The second-order valence-electron chi connectivity index (χ2n) is 7.22. The minimum absolute atomic E-state index is 0.347. The molecule has 1 aliphatic rings. The molecule has 2 aromatic rings. The molecule has 0 N–H and O–H groups in total. The summed E-state index contributed by atoms with van der Waals surface area (Å²) >= 11 is 0. The summed E-state index contributed by atoms with van der Waals surface area (Å²) in [5.74, 6) is 0.732. The summed E-state index contributed by atoms with van der Waals surface area (Å²) < 4.78 is 2.04. The Morgan fingerprint density at radius 2 is 1.96 bits per heavy atom. The van der Waals surface area contributed by atoms with E-state index >= 15 is 0 Å². The standard InChI is InChI=1S/C19H28N4/c1-14(2)22-11-9-16(13-22)12-17-6-5-7-18(21-17)19-8-10-20-23(19)15(3)4/h5-8,10,14-16H,9,11-13H2,1-4H3. The van der Waals surface area contributed by atoms with Gasteiger partial charge in [0.25, 0.3) is 0 Å². The molecule has 0 radical (unpaired) electrons. The third kappa shape index (κ3) is 3.63. The van der Waals surface area contributed by atoms with Crippen LogP contribution in [0.2, 0.25) is 0 Å². The van der Waals surface area contributed by atoms with Crippen LogP contribution in [0.3, 0.4) is 0 Å². The van der Waals surface area contributed by atoms with Crippen molar-refractivity contribution >= 4 is 0 Å². The van der Waals surface area contributed by atoms with Crippen LogP contribution in [-0.2, 0) is 6.42 Å². The fourth-order valence-electron chi connectivity index (χ4n) is 3.46. The summed E-state index contributed by atoms with van der Waals surface area (Å²) in [7, 11) is 0. The number of hydrogen-bond acceptors (Lipinski definition) is 3. The van der Waals surface area contributed by atoms with Gasteiger partial charge in [-0.25, -0.2) is 0 Å². The highest BCUT2D eigenvalue weighted by Crippen LogP contribution is 2.24. The minimum Gasteiger partial charge on any atom is -0.301 e. The molecule has 4 heteroatoms. The molecular formula is C19H28N4. The number of likely N-dealkylation sites (tertiary alicyclic amines) is 1. The smallest absolute Gasteiger partial charge is 0.0886 e. The molecule has 3 rings (SSSR count). The van der Waals surface area contributed by atoms with Crippen LogP contribution in [-0.4, -0.2) is 38.8 Å². The van der Waals surface area contributed by atoms with Crippen molar-refractivity contribution in [2.75, 3.05) is 13.1 Å². The number of aromatic nitrogens is 3. The maximum Gasteiger partial charge on any atom is 0.0886 e. The van der Waals surface area contributed by atoms with Crippen molar-refractivity contribution in [2.24, 2.45) is 5.92 Å². The lowest BCUT2D eigenvalue weighted by Gasteiger charge is -2.20. The Kier molecular flexibility index (Phi) is 4.81. The van der Waals surface area contributed by atoms with Crippen LogP contribution in [0.15, 0.2) is 30.5 Å². The van der Waals surface area contributed by atoms with E-state index in [4.69, 9.17) is 4.98 Å². The van der Waals surface area contributed by atoms with Gasteiger partial charge in [0.1, 0.15) is 0 Å². The van der Waals surface area contributed by atoms with Gasteiger partial charge in [0.15, 0.2) is 0 Å². The van der Waals surface area contributed by atoms with Gasteiger partial charge in [-0.2, -0.15) is 5.10 Å². The van der Waals surface area contributed by atoms with Crippen LogP contribution in [0.5, 0.6) is 0 Å². The largest absolute Gasteiger partial charge is 0.301 e. The molecular weight excluding hydrogens is 284 g/mol. The molecule has 2 aromatic heterocycles. The number of hydrogen-bond donors (Lipinski definition) is 0. The lowest BCUT2D eigenvalue weighted by Crippen LogP contribution is -2.28. The fourth-order valence-corrected chi connectivity index (χ4v) is 3.46. The van der Waals surface area contributed by atoms with E-state index in [1.165, 1.54) is 25.2 Å². The van der Waals surface area contributed by atoms with Gasteiger partial charge in [0.2, 0.25) is 0 Å². The van der Waals surface area contributed by atoms with Gasteiger partial charge in [-0.1, -0.05) is 6.07 Å². The van der Waals surface area contributed by atoms with Gasteiger partial charge in [-0.05, 0) is 71.2 Å². The lowest BCUT2D eigenvalue weighted by atomic mass is 10.0. The summed E-state index contributed by atoms with van der Waals surface area (Å²) in [5, 5.41) is 4.42. The molecule has 0 aromatic carbocycles. The van der Waals surface area contributed by atoms with Gasteiger partial charge in [-0.15, -0.1) is 0 Å². The number of rotatable bonds is 5. The average molecular weight is 312 g/mol. The zero-order valence-corrected chi connectivity index (χ0v) is 14.7. The summed E-state index contributed by atoms with van der Waals surface area (Å²) in [4.78, 5) is 7.48. The molecule has 0 spiro atoms. The van der Waals surface area contributed by atoms with Crippen LogP contribution >= 0.6 is 0 Å². The van der Waals surface area contributed by atoms with Crippen molar-refractivity contribution in [1.82, 2.24) is 19.7 Å². The molecule has 0 bridgehead atoms. The van der Waals surface area contributed by atoms with Crippen molar-refractivity contribution in [3.63, 3.8) is 0 Å². The first-order chi connectivity index (χ1) is 11.0. The molecule has 1 unspecified atom stereocenters. The molecule has 0 amide bonds. The Bertz CT molecular complexity index is 644. The summed E-state index contributed by atoms with van der Waals surface area (Å²) in [6.45, 7) is 11.3. The topological polar surface area (TPSA) is 34.0 Å². The summed E-state index contributed by atoms with van der Waals surface area (Å²) in [5.41, 5.74) is 3.35. The third-order valence-corrected chi connectivity index (χ3v) is 4.77. The molecule has 1 fully saturated rings. The SMILES string of the molecule is CC(C)N1CCC(Cc2cccc(-c3ccnn3C(C)C)n2)C1. The zero-order chi connectivity index (χ0) is 16.4. The van der Waals surface area contributed by atoms with Crippen LogP contribution < -0.4 is 0 Å². The highest BCUT2D eigenvalue weighted by molar-refractivity contribution is 5.54. The highest BCUT2D eigenvalue weighted by atomic mass is 15.3. The van der Waals surface area contributed by atoms with E-state index in [0.717, 1.165) is 23.7 Å². The Morgan fingerprint density at radius 1 is 1.13 bits per heavy atom. The van der Waals surface area contributed by atoms with Crippen LogP contribution in [0.4, 0.5) is 0 Å². The van der Waals surface area contributed by atoms with E-state index in [1.807, 2.05) is 10.9 Å². The molecule has 4 nitrogen and oxygen atoms in total. The fraction of sp³-hybridized carbons (Fsp3) is 0.579. The quantitative estimate of drug-likeness (QED) is 0.842. The zero-order valence-electron chi connectivity index (χ0n) is 14.7. The molecule has 1 saturated heterocycles. The normalized spacial score (nSPS) is 19.1. The third-order valence-electron chi connectivity index (χ3n) is 4.77. The predicted octanol–water partition coefficient (Wildman–Crippen LogP) is 3.80. The monoisotopic (exact) mass is 312 g/mol. The second-order valence-corrected chi connectivity index (χ2v) is 7.22. The van der Waals surface area contributed by atoms with Gasteiger partial charge in [-0.3, -0.25) is 9.67 Å². The first-order valence-electron chi connectivity index (χ1n) is 8.78. The summed E-state index contributed by atoms with van der Waals surface area (Å²) in [6, 6.07) is 9.44. The van der Waals surface area contributed by atoms with Gasteiger partial charge >= 0.3 is 0 Å². The van der Waals surface area contributed by atoms with Crippen molar-refractivity contribution in [3.05, 3.63) is 36.2 Å². The number of nitrogens with zero attached hydrogens (tertiary/aromatic N) is 4. The molecule has 1 aliphatic heterocycles. The Labute approximate surface area is 139 Å². The first kappa shape index (κ1) is 16.2. The molecule has 23 heavy (non-hydrogen) atoms. The Hall–Kier alpha value is -1.68. The van der Waals surface area contributed by atoms with E-state index in [0.29, 0.717) is 12.1 Å². The van der Waals surface area contributed by atoms with Crippen molar-refractivity contribution in [2.45, 2.75) is 52.6 Å². The highest BCUT2D eigenvalue weighted by Gasteiger charge is 2.24.